The molecule has 2 rings (SSSR count). The molecule has 0 aliphatic carbocycles. The summed E-state index contributed by atoms with van der Waals surface area (Å²) < 4.78 is 10.8. The van der Waals surface area contributed by atoms with E-state index in [0.29, 0.717) is 17.4 Å². The Morgan fingerprint density at radius 3 is 2.74 bits per heavy atom. The molecule has 0 unspecified atom stereocenters. The molecule has 0 radical (unpaired) electrons. The van der Waals surface area contributed by atoms with E-state index in [1.807, 2.05) is 25.1 Å². The fourth-order valence-corrected chi connectivity index (χ4v) is 2.08. The molecule has 1 amide bonds. The monoisotopic (exact) mass is 314 g/mol. The molecule has 0 saturated carbocycles. The van der Waals surface area contributed by atoms with Gasteiger partial charge in [0.1, 0.15) is 5.75 Å². The number of hydrazine groups is 1. The van der Waals surface area contributed by atoms with Gasteiger partial charge in [-0.15, -0.1) is 0 Å². The first-order valence-corrected chi connectivity index (χ1v) is 7.48. The molecule has 122 valence electrons. The Kier molecular flexibility index (Phi) is 5.46. The molecule has 0 aliphatic rings. The quantitative estimate of drug-likeness (QED) is 0.769. The Labute approximate surface area is 136 Å². The van der Waals surface area contributed by atoms with Crippen LogP contribution in [0.4, 0.5) is 0 Å². The Hall–Kier alpha value is -2.69. The number of carbonyl (C=O) groups is 1. The van der Waals surface area contributed by atoms with Gasteiger partial charge in [0, 0.05) is 0 Å². The Bertz CT molecular complexity index is 676. The van der Waals surface area contributed by atoms with Crippen LogP contribution >= 0.6 is 0 Å². The van der Waals surface area contributed by atoms with Crippen molar-refractivity contribution >= 4 is 11.6 Å². The van der Waals surface area contributed by atoms with Crippen LogP contribution in [-0.4, -0.2) is 12.5 Å². The smallest absolute Gasteiger partial charge is 0.276 e. The van der Waals surface area contributed by atoms with E-state index in [-0.39, 0.29) is 12.5 Å². The maximum atomic E-state index is 11.9. The highest BCUT2D eigenvalue weighted by atomic mass is 16.5. The van der Waals surface area contributed by atoms with Crippen LogP contribution < -0.4 is 15.6 Å². The van der Waals surface area contributed by atoms with Gasteiger partial charge in [0.05, 0.1) is 12.0 Å². The topological polar surface area (TPSA) is 63.5 Å². The van der Waals surface area contributed by atoms with Gasteiger partial charge in [-0.3, -0.25) is 15.6 Å². The molecule has 0 saturated heterocycles. The minimum atomic E-state index is -0.297. The molecule has 5 heteroatoms. The van der Waals surface area contributed by atoms with Crippen LogP contribution in [-0.2, 0) is 4.79 Å². The van der Waals surface area contributed by atoms with Crippen LogP contribution in [0.1, 0.15) is 36.7 Å². The summed E-state index contributed by atoms with van der Waals surface area (Å²) in [6, 6.07) is 9.51. The summed E-state index contributed by atoms with van der Waals surface area (Å²) in [7, 11) is 0. The molecule has 0 atom stereocenters. The van der Waals surface area contributed by atoms with E-state index >= 15 is 0 Å². The van der Waals surface area contributed by atoms with Crippen LogP contribution in [0, 0.1) is 6.92 Å². The summed E-state index contributed by atoms with van der Waals surface area (Å²) in [6.45, 7) is 9.87. The van der Waals surface area contributed by atoms with Gasteiger partial charge in [0.25, 0.3) is 5.91 Å². The third kappa shape index (κ3) is 4.64. The molecule has 2 N–H and O–H groups in total. The van der Waals surface area contributed by atoms with Crippen LogP contribution in [0.3, 0.4) is 0 Å². The number of carbonyl (C=O) groups excluding carboxylic acids is 1. The zero-order valence-corrected chi connectivity index (χ0v) is 13.7. The number of ether oxygens (including phenoxy) is 1. The number of benzene rings is 1. The molecule has 0 bridgehead atoms. The third-order valence-corrected chi connectivity index (χ3v) is 3.32. The van der Waals surface area contributed by atoms with Gasteiger partial charge < -0.3 is 9.15 Å². The van der Waals surface area contributed by atoms with E-state index in [9.17, 15) is 4.79 Å². The average Bonchev–Trinajstić information content (AvgIpc) is 3.04. The fraction of sp³-hybridized carbons (Fsp3) is 0.278. The Morgan fingerprint density at radius 1 is 1.30 bits per heavy atom. The summed E-state index contributed by atoms with van der Waals surface area (Å²) in [5.74, 6) is 1.33. The number of nitrogens with one attached hydrogen (secondary N) is 2. The lowest BCUT2D eigenvalue weighted by Gasteiger charge is -2.15. The van der Waals surface area contributed by atoms with E-state index in [2.05, 4.69) is 31.3 Å². The van der Waals surface area contributed by atoms with Crippen molar-refractivity contribution in [3.8, 4) is 5.75 Å². The summed E-state index contributed by atoms with van der Waals surface area (Å²) in [6.07, 6.45) is 1.54. The van der Waals surface area contributed by atoms with Crippen molar-refractivity contribution < 1.29 is 13.9 Å². The molecule has 0 fully saturated rings. The Morgan fingerprint density at radius 2 is 2.09 bits per heavy atom. The molecular weight excluding hydrogens is 292 g/mol. The second kappa shape index (κ2) is 7.54. The SMILES string of the molecule is C=C(NNC(=O)COc1cc(C)ccc1C(C)C)c1ccco1. The van der Waals surface area contributed by atoms with Crippen molar-refractivity contribution in [1.82, 2.24) is 10.9 Å². The predicted octanol–water partition coefficient (Wildman–Crippen LogP) is 3.38. The van der Waals surface area contributed by atoms with Gasteiger partial charge in [0.2, 0.25) is 0 Å². The number of rotatable bonds is 7. The van der Waals surface area contributed by atoms with Gasteiger partial charge in [-0.1, -0.05) is 32.6 Å². The van der Waals surface area contributed by atoms with Crippen molar-refractivity contribution in [2.75, 3.05) is 6.61 Å². The second-order valence-electron chi connectivity index (χ2n) is 5.61. The first-order chi connectivity index (χ1) is 11.0. The van der Waals surface area contributed by atoms with Crippen molar-refractivity contribution in [1.29, 1.82) is 0 Å². The van der Waals surface area contributed by atoms with Crippen LogP contribution in [0.5, 0.6) is 5.75 Å². The van der Waals surface area contributed by atoms with Crippen LogP contribution in [0.2, 0.25) is 0 Å². The van der Waals surface area contributed by atoms with Gasteiger partial charge in [-0.25, -0.2) is 0 Å². The highest BCUT2D eigenvalue weighted by molar-refractivity contribution is 5.78. The van der Waals surface area contributed by atoms with E-state index in [1.54, 1.807) is 12.1 Å². The lowest BCUT2D eigenvalue weighted by Crippen LogP contribution is -2.39. The van der Waals surface area contributed by atoms with Crippen molar-refractivity contribution in [2.45, 2.75) is 26.7 Å². The molecule has 5 nitrogen and oxygen atoms in total. The Balaban J connectivity index is 1.87. The highest BCUT2D eigenvalue weighted by Gasteiger charge is 2.10. The lowest BCUT2D eigenvalue weighted by molar-refractivity contribution is -0.123. The third-order valence-electron chi connectivity index (χ3n) is 3.32. The first-order valence-electron chi connectivity index (χ1n) is 7.48. The fourth-order valence-electron chi connectivity index (χ4n) is 2.08. The number of hydrogen-bond acceptors (Lipinski definition) is 4. The maximum absolute atomic E-state index is 11.9. The number of aryl methyl sites for hydroxylation is 1. The molecule has 0 aliphatic heterocycles. The second-order valence-corrected chi connectivity index (χ2v) is 5.61. The highest BCUT2D eigenvalue weighted by Crippen LogP contribution is 2.27. The largest absolute Gasteiger partial charge is 0.483 e. The van der Waals surface area contributed by atoms with Crippen molar-refractivity contribution in [3.05, 3.63) is 60.1 Å². The molecular formula is C18H22N2O3. The molecule has 2 aromatic rings. The predicted molar refractivity (Wildman–Crippen MR) is 89.8 cm³/mol. The van der Waals surface area contributed by atoms with E-state index in [4.69, 9.17) is 9.15 Å². The zero-order valence-electron chi connectivity index (χ0n) is 13.7. The van der Waals surface area contributed by atoms with Crippen LogP contribution in [0.15, 0.2) is 47.6 Å². The normalized spacial score (nSPS) is 10.4. The summed E-state index contributed by atoms with van der Waals surface area (Å²) in [5, 5.41) is 0. The van der Waals surface area contributed by atoms with Gasteiger partial charge >= 0.3 is 0 Å². The summed E-state index contributed by atoms with van der Waals surface area (Å²) in [5.41, 5.74) is 7.88. The zero-order chi connectivity index (χ0) is 16.8. The number of amides is 1. The first kappa shape index (κ1) is 16.7. The number of hydrogen-bond donors (Lipinski definition) is 2. The summed E-state index contributed by atoms with van der Waals surface area (Å²) in [4.78, 5) is 11.9. The molecule has 23 heavy (non-hydrogen) atoms. The molecule has 1 heterocycles. The van der Waals surface area contributed by atoms with Crippen LogP contribution in [0.25, 0.3) is 5.70 Å². The van der Waals surface area contributed by atoms with E-state index < -0.39 is 0 Å². The number of furan rings is 1. The van der Waals surface area contributed by atoms with E-state index in [1.165, 1.54) is 6.26 Å². The minimum Gasteiger partial charge on any atom is -0.483 e. The van der Waals surface area contributed by atoms with Crippen molar-refractivity contribution in [3.63, 3.8) is 0 Å². The van der Waals surface area contributed by atoms with Gasteiger partial charge in [-0.2, -0.15) is 0 Å². The maximum Gasteiger partial charge on any atom is 0.276 e. The molecule has 0 spiro atoms. The van der Waals surface area contributed by atoms with Gasteiger partial charge in [0.15, 0.2) is 12.4 Å². The molecule has 1 aromatic heterocycles. The minimum absolute atomic E-state index is 0.0817. The van der Waals surface area contributed by atoms with Crippen molar-refractivity contribution in [2.24, 2.45) is 0 Å². The standard InChI is InChI=1S/C18H22N2O3/c1-12(2)15-8-7-13(3)10-17(15)23-11-18(21)20-19-14(4)16-6-5-9-22-16/h5-10,12,19H,4,11H2,1-3H3,(H,20,21). The summed E-state index contributed by atoms with van der Waals surface area (Å²) >= 11 is 0. The van der Waals surface area contributed by atoms with E-state index in [0.717, 1.165) is 16.9 Å². The molecule has 1 aromatic carbocycles. The average molecular weight is 314 g/mol. The lowest BCUT2D eigenvalue weighted by atomic mass is 10.0. The van der Waals surface area contributed by atoms with Gasteiger partial charge in [-0.05, 0) is 42.2 Å².